The van der Waals surface area contributed by atoms with Gasteiger partial charge in [-0.15, -0.1) is 0 Å². The zero-order valence-corrected chi connectivity index (χ0v) is 17.0. The van der Waals surface area contributed by atoms with E-state index in [0.717, 1.165) is 23.1 Å². The molecule has 1 aromatic heterocycles. The summed E-state index contributed by atoms with van der Waals surface area (Å²) >= 11 is 6.54. The molecule has 2 atom stereocenters. The van der Waals surface area contributed by atoms with Gasteiger partial charge in [-0.3, -0.25) is 9.59 Å². The van der Waals surface area contributed by atoms with E-state index < -0.39 is 11.7 Å². The number of carbonyl (C=O) groups is 2. The highest BCUT2D eigenvalue weighted by molar-refractivity contribution is 6.38. The third kappa shape index (κ3) is 2.40. The van der Waals surface area contributed by atoms with E-state index in [9.17, 15) is 9.59 Å². The van der Waals surface area contributed by atoms with E-state index in [2.05, 4.69) is 11.6 Å². The summed E-state index contributed by atoms with van der Waals surface area (Å²) in [5.74, 6) is -1.26. The van der Waals surface area contributed by atoms with E-state index in [4.69, 9.17) is 17.3 Å². The van der Waals surface area contributed by atoms with Gasteiger partial charge in [0.15, 0.2) is 0 Å². The number of aromatic nitrogens is 1. The maximum absolute atomic E-state index is 15.4. The van der Waals surface area contributed by atoms with E-state index in [1.165, 1.54) is 12.1 Å². The molecule has 0 saturated carbocycles. The molecule has 1 fully saturated rings. The van der Waals surface area contributed by atoms with Crippen LogP contribution >= 0.6 is 11.6 Å². The van der Waals surface area contributed by atoms with Crippen LogP contribution in [0, 0.1) is 12.7 Å². The predicted molar refractivity (Wildman–Crippen MR) is 114 cm³/mol. The minimum absolute atomic E-state index is 0.0395. The number of aromatic amines is 1. The number of halogens is 2. The summed E-state index contributed by atoms with van der Waals surface area (Å²) in [6.07, 6.45) is 2.13. The molecule has 2 unspecified atom stereocenters. The average Bonchev–Trinajstić information content (AvgIpc) is 3.40. The fourth-order valence-corrected chi connectivity index (χ4v) is 5.37. The highest BCUT2D eigenvalue weighted by Gasteiger charge is 2.45. The van der Waals surface area contributed by atoms with E-state index in [1.54, 1.807) is 6.92 Å². The summed E-state index contributed by atoms with van der Waals surface area (Å²) in [5.41, 5.74) is 9.78. The molecule has 0 spiro atoms. The molecule has 5 rings (SSSR count). The summed E-state index contributed by atoms with van der Waals surface area (Å²) < 4.78 is 15.4. The van der Waals surface area contributed by atoms with Crippen LogP contribution in [0.1, 0.15) is 45.6 Å². The molecule has 2 amide bonds. The van der Waals surface area contributed by atoms with E-state index in [0.29, 0.717) is 33.7 Å². The van der Waals surface area contributed by atoms with Crippen molar-refractivity contribution in [3.63, 3.8) is 0 Å². The predicted octanol–water partition coefficient (Wildman–Crippen LogP) is 4.59. The highest BCUT2D eigenvalue weighted by atomic mass is 35.5. The van der Waals surface area contributed by atoms with Crippen molar-refractivity contribution >= 4 is 34.3 Å². The van der Waals surface area contributed by atoms with Gasteiger partial charge in [0.05, 0.1) is 22.1 Å². The number of hydrogen-bond donors (Lipinski definition) is 2. The highest BCUT2D eigenvalue weighted by Crippen LogP contribution is 2.54. The van der Waals surface area contributed by atoms with Crippen LogP contribution in [0.4, 0.5) is 4.39 Å². The number of aryl methyl sites for hydroxylation is 1. The van der Waals surface area contributed by atoms with Crippen LogP contribution in [0.25, 0.3) is 22.0 Å². The molecule has 152 valence electrons. The van der Waals surface area contributed by atoms with Gasteiger partial charge in [-0.1, -0.05) is 36.4 Å². The van der Waals surface area contributed by atoms with Gasteiger partial charge in [-0.25, -0.2) is 4.39 Å². The van der Waals surface area contributed by atoms with Gasteiger partial charge >= 0.3 is 0 Å². The Bertz CT molecular complexity index is 1280. The first-order chi connectivity index (χ1) is 14.3. The van der Waals surface area contributed by atoms with Crippen molar-refractivity contribution in [2.75, 3.05) is 6.54 Å². The number of hydrogen-bond acceptors (Lipinski definition) is 2. The van der Waals surface area contributed by atoms with Crippen molar-refractivity contribution < 1.29 is 14.0 Å². The van der Waals surface area contributed by atoms with E-state index >= 15 is 4.39 Å². The Morgan fingerprint density at radius 2 is 2.17 bits per heavy atom. The lowest BCUT2D eigenvalue weighted by Gasteiger charge is -2.29. The normalized spacial score (nSPS) is 19.4. The molecule has 7 heteroatoms. The Kier molecular flexibility index (Phi) is 4.05. The van der Waals surface area contributed by atoms with Crippen molar-refractivity contribution in [1.29, 1.82) is 0 Å². The molecule has 0 radical (unpaired) electrons. The third-order valence-corrected chi connectivity index (χ3v) is 6.81. The first kappa shape index (κ1) is 18.9. The second-order valence-electron chi connectivity index (χ2n) is 7.91. The van der Waals surface area contributed by atoms with E-state index in [1.807, 2.05) is 23.1 Å². The lowest BCUT2D eigenvalue weighted by molar-refractivity contribution is -0.127. The number of nitrogens with two attached hydrogens (primary N) is 1. The summed E-state index contributed by atoms with van der Waals surface area (Å²) in [6, 6.07) is 6.86. The Morgan fingerprint density at radius 1 is 1.40 bits per heavy atom. The van der Waals surface area contributed by atoms with Crippen LogP contribution in [0.15, 0.2) is 36.9 Å². The van der Waals surface area contributed by atoms with Crippen molar-refractivity contribution in [2.24, 2.45) is 5.73 Å². The number of carbonyl (C=O) groups excluding carboxylic acids is 2. The number of nitrogens with zero attached hydrogens (tertiary/aromatic N) is 1. The summed E-state index contributed by atoms with van der Waals surface area (Å²) in [7, 11) is 0. The summed E-state index contributed by atoms with van der Waals surface area (Å²) in [5, 5.41) is 0.824. The molecule has 1 aliphatic heterocycles. The smallest absolute Gasteiger partial charge is 0.250 e. The third-order valence-electron chi connectivity index (χ3n) is 6.34. The number of H-pyrrole nitrogens is 1. The van der Waals surface area contributed by atoms with Crippen LogP contribution in [0.2, 0.25) is 5.02 Å². The van der Waals surface area contributed by atoms with Gasteiger partial charge in [0.25, 0.3) is 5.91 Å². The fraction of sp³-hybridized carbons (Fsp3) is 0.217. The molecule has 1 saturated heterocycles. The van der Waals surface area contributed by atoms with Crippen LogP contribution in [0.3, 0.4) is 0 Å². The number of fused-ring (bicyclic) bond motifs is 6. The molecule has 30 heavy (non-hydrogen) atoms. The average molecular weight is 424 g/mol. The monoisotopic (exact) mass is 423 g/mol. The molecular formula is C23H19ClFN3O2. The molecular weight excluding hydrogens is 405 g/mol. The number of amides is 2. The summed E-state index contributed by atoms with van der Waals surface area (Å²) in [6.45, 7) is 5.94. The minimum atomic E-state index is -0.723. The maximum Gasteiger partial charge on any atom is 0.250 e. The Balaban J connectivity index is 1.78. The number of benzene rings is 2. The first-order valence-corrected chi connectivity index (χ1v) is 10.1. The molecule has 3 aromatic rings. The topological polar surface area (TPSA) is 79.2 Å². The van der Waals surface area contributed by atoms with Crippen LogP contribution in [-0.4, -0.2) is 28.2 Å². The number of likely N-dealkylation sites (tertiary alicyclic amines) is 1. The van der Waals surface area contributed by atoms with Crippen LogP contribution < -0.4 is 5.73 Å². The Morgan fingerprint density at radius 3 is 2.87 bits per heavy atom. The van der Waals surface area contributed by atoms with Gasteiger partial charge in [-0.2, -0.15) is 0 Å². The van der Waals surface area contributed by atoms with Gasteiger partial charge in [0.2, 0.25) is 5.91 Å². The zero-order valence-electron chi connectivity index (χ0n) is 16.3. The van der Waals surface area contributed by atoms with Crippen molar-refractivity contribution in [3.8, 4) is 11.1 Å². The maximum atomic E-state index is 15.4. The molecule has 5 nitrogen and oxygen atoms in total. The SMILES string of the molecule is C=CC(=O)N1CC2CC1c1cccc(-c3c(F)cc(C(N)=O)c4[nH]c(C)c(Cl)c34)c12. The van der Waals surface area contributed by atoms with E-state index in [-0.39, 0.29) is 23.4 Å². The van der Waals surface area contributed by atoms with Crippen molar-refractivity contribution in [2.45, 2.75) is 25.3 Å². The second kappa shape index (κ2) is 6.44. The molecule has 1 aliphatic carbocycles. The number of nitrogens with one attached hydrogen (secondary N) is 1. The molecule has 2 aliphatic rings. The number of primary amides is 1. The molecule has 2 bridgehead atoms. The first-order valence-electron chi connectivity index (χ1n) is 9.69. The van der Waals surface area contributed by atoms with Gasteiger partial charge in [-0.05, 0) is 42.2 Å². The number of rotatable bonds is 3. The lowest BCUT2D eigenvalue weighted by Crippen LogP contribution is -2.32. The fourth-order valence-electron chi connectivity index (χ4n) is 5.14. The van der Waals surface area contributed by atoms with Crippen LogP contribution in [0.5, 0.6) is 0 Å². The minimum Gasteiger partial charge on any atom is -0.366 e. The van der Waals surface area contributed by atoms with Crippen molar-refractivity contribution in [1.82, 2.24) is 9.88 Å². The zero-order chi connectivity index (χ0) is 21.3. The molecule has 3 N–H and O–H groups in total. The van der Waals surface area contributed by atoms with Crippen LogP contribution in [-0.2, 0) is 4.79 Å². The summed E-state index contributed by atoms with van der Waals surface area (Å²) in [4.78, 5) is 29.0. The molecule has 2 aromatic carbocycles. The second-order valence-corrected chi connectivity index (χ2v) is 8.29. The lowest BCUT2D eigenvalue weighted by atomic mass is 9.87. The molecule has 2 heterocycles. The Labute approximate surface area is 177 Å². The van der Waals surface area contributed by atoms with Gasteiger partial charge in [0, 0.05) is 29.1 Å². The van der Waals surface area contributed by atoms with Crippen molar-refractivity contribution in [3.05, 3.63) is 70.1 Å². The quantitative estimate of drug-likeness (QED) is 0.604. The standard InChI is InChI=1S/C23H19ClFN3O2/c1-3-17(29)28-9-11-7-16(28)12-5-4-6-13(18(11)12)19-15(25)8-14(23(26)30)22-20(19)21(24)10(2)27-22/h3-6,8,11,16,27H,1,7,9H2,2H3,(H2,26,30). The Hall–Kier alpha value is -3.12. The van der Waals surface area contributed by atoms with Gasteiger partial charge in [0.1, 0.15) is 5.82 Å². The van der Waals surface area contributed by atoms with Gasteiger partial charge < -0.3 is 15.6 Å². The largest absolute Gasteiger partial charge is 0.366 e.